The van der Waals surface area contributed by atoms with Crippen molar-refractivity contribution in [2.24, 2.45) is 0 Å². The van der Waals surface area contributed by atoms with Gasteiger partial charge in [0.25, 0.3) is 0 Å². The number of hydrogen-bond donors (Lipinski definition) is 1. The van der Waals surface area contributed by atoms with Crippen molar-refractivity contribution in [2.75, 3.05) is 13.1 Å². The molecule has 6 heteroatoms. The summed E-state index contributed by atoms with van der Waals surface area (Å²) < 4.78 is 13.7. The zero-order valence-corrected chi connectivity index (χ0v) is 12.9. The van der Waals surface area contributed by atoms with Crippen LogP contribution in [0, 0.1) is 5.82 Å². The van der Waals surface area contributed by atoms with Gasteiger partial charge < -0.3 is 5.32 Å². The molecular formula is C14H17ClFN3S. The van der Waals surface area contributed by atoms with Gasteiger partial charge in [-0.05, 0) is 31.6 Å². The molecule has 108 valence electrons. The molecule has 0 unspecified atom stereocenters. The van der Waals surface area contributed by atoms with Crippen LogP contribution >= 0.6 is 22.9 Å². The number of rotatable bonds is 7. The number of benzene rings is 1. The molecule has 0 amide bonds. The molecule has 2 aromatic rings. The van der Waals surface area contributed by atoms with Crippen LogP contribution in [0.25, 0.3) is 0 Å². The Labute approximate surface area is 127 Å². The first-order chi connectivity index (χ1) is 9.70. The van der Waals surface area contributed by atoms with Crippen LogP contribution in [0.1, 0.15) is 28.9 Å². The normalized spacial score (nSPS) is 10.9. The number of nitrogens with one attached hydrogen (secondary N) is 1. The minimum absolute atomic E-state index is 0.290. The molecule has 0 atom stereocenters. The molecule has 0 aliphatic heterocycles. The molecular weight excluding hydrogens is 297 g/mol. The molecule has 0 fully saturated rings. The van der Waals surface area contributed by atoms with E-state index in [0.717, 1.165) is 35.9 Å². The van der Waals surface area contributed by atoms with E-state index >= 15 is 0 Å². The summed E-state index contributed by atoms with van der Waals surface area (Å²) in [5, 5.41) is 13.8. The summed E-state index contributed by atoms with van der Waals surface area (Å²) in [5.74, 6) is -0.290. The molecule has 1 N–H and O–H groups in total. The van der Waals surface area contributed by atoms with Crippen LogP contribution in [0.2, 0.25) is 5.02 Å². The lowest BCUT2D eigenvalue weighted by Gasteiger charge is -2.02. The minimum Gasteiger partial charge on any atom is -0.317 e. The second-order valence-corrected chi connectivity index (χ2v) is 5.98. The first kappa shape index (κ1) is 15.4. The summed E-state index contributed by atoms with van der Waals surface area (Å²) in [5.41, 5.74) is 0.490. The highest BCUT2D eigenvalue weighted by atomic mass is 35.5. The van der Waals surface area contributed by atoms with Gasteiger partial charge in [0.1, 0.15) is 15.8 Å². The molecule has 1 heterocycles. The summed E-state index contributed by atoms with van der Waals surface area (Å²) in [6.07, 6.45) is 2.33. The average Bonchev–Trinajstić information content (AvgIpc) is 2.87. The van der Waals surface area contributed by atoms with Gasteiger partial charge in [-0.2, -0.15) is 0 Å². The SMILES string of the molecule is CCNCCCc1nnc(Cc2c(F)cccc2Cl)s1. The molecule has 0 aliphatic carbocycles. The lowest BCUT2D eigenvalue weighted by molar-refractivity contribution is 0.613. The number of hydrogen-bond acceptors (Lipinski definition) is 4. The largest absolute Gasteiger partial charge is 0.317 e. The Balaban J connectivity index is 1.96. The topological polar surface area (TPSA) is 37.8 Å². The zero-order chi connectivity index (χ0) is 14.4. The summed E-state index contributed by atoms with van der Waals surface area (Å²) in [6, 6.07) is 4.71. The van der Waals surface area contributed by atoms with Crippen molar-refractivity contribution in [3.05, 3.63) is 44.6 Å². The van der Waals surface area contributed by atoms with E-state index in [9.17, 15) is 4.39 Å². The Morgan fingerprint density at radius 3 is 2.85 bits per heavy atom. The molecule has 0 bridgehead atoms. The predicted molar refractivity (Wildman–Crippen MR) is 81.0 cm³/mol. The van der Waals surface area contributed by atoms with Crippen LogP contribution in [-0.2, 0) is 12.8 Å². The van der Waals surface area contributed by atoms with Crippen molar-refractivity contribution in [2.45, 2.75) is 26.2 Å². The lowest BCUT2D eigenvalue weighted by Crippen LogP contribution is -2.14. The third-order valence-corrected chi connectivity index (χ3v) is 4.23. The van der Waals surface area contributed by atoms with Crippen LogP contribution in [0.15, 0.2) is 18.2 Å². The van der Waals surface area contributed by atoms with E-state index in [0.29, 0.717) is 17.0 Å². The minimum atomic E-state index is -0.290. The van der Waals surface area contributed by atoms with Crippen molar-refractivity contribution in [1.82, 2.24) is 15.5 Å². The second kappa shape index (κ2) is 7.67. The number of aryl methyl sites for hydroxylation is 1. The smallest absolute Gasteiger partial charge is 0.128 e. The molecule has 0 spiro atoms. The van der Waals surface area contributed by atoms with Gasteiger partial charge in [0.15, 0.2) is 0 Å². The van der Waals surface area contributed by atoms with Crippen molar-refractivity contribution in [3.63, 3.8) is 0 Å². The summed E-state index contributed by atoms with van der Waals surface area (Å²) >= 11 is 7.54. The van der Waals surface area contributed by atoms with Crippen molar-refractivity contribution in [1.29, 1.82) is 0 Å². The van der Waals surface area contributed by atoms with E-state index in [-0.39, 0.29) is 5.82 Å². The van der Waals surface area contributed by atoms with E-state index in [1.807, 2.05) is 0 Å². The van der Waals surface area contributed by atoms with Gasteiger partial charge in [0.2, 0.25) is 0 Å². The molecule has 0 saturated heterocycles. The van der Waals surface area contributed by atoms with E-state index in [4.69, 9.17) is 11.6 Å². The number of aromatic nitrogens is 2. The standard InChI is InChI=1S/C14H17ClFN3S/c1-2-17-8-4-7-13-18-19-14(20-13)9-10-11(15)5-3-6-12(10)16/h3,5-6,17H,2,4,7-9H2,1H3. The van der Waals surface area contributed by atoms with Gasteiger partial charge in [-0.25, -0.2) is 4.39 Å². The molecule has 0 radical (unpaired) electrons. The molecule has 2 rings (SSSR count). The van der Waals surface area contributed by atoms with Gasteiger partial charge >= 0.3 is 0 Å². The highest BCUT2D eigenvalue weighted by Crippen LogP contribution is 2.23. The third-order valence-electron chi connectivity index (χ3n) is 2.89. The van der Waals surface area contributed by atoms with Gasteiger partial charge in [-0.3, -0.25) is 0 Å². The maximum atomic E-state index is 13.7. The van der Waals surface area contributed by atoms with Gasteiger partial charge in [-0.15, -0.1) is 21.5 Å². The van der Waals surface area contributed by atoms with Crippen LogP contribution in [0.3, 0.4) is 0 Å². The average molecular weight is 314 g/mol. The van der Waals surface area contributed by atoms with E-state index in [1.165, 1.54) is 17.4 Å². The monoisotopic (exact) mass is 313 g/mol. The summed E-state index contributed by atoms with van der Waals surface area (Å²) in [7, 11) is 0. The summed E-state index contributed by atoms with van der Waals surface area (Å²) in [4.78, 5) is 0. The van der Waals surface area contributed by atoms with Crippen LogP contribution in [0.4, 0.5) is 4.39 Å². The van der Waals surface area contributed by atoms with E-state index in [1.54, 1.807) is 12.1 Å². The predicted octanol–water partition coefficient (Wildman–Crippen LogP) is 3.46. The molecule has 1 aromatic carbocycles. The quantitative estimate of drug-likeness (QED) is 0.795. The Bertz CT molecular complexity index is 539. The van der Waals surface area contributed by atoms with Crippen molar-refractivity contribution in [3.8, 4) is 0 Å². The van der Waals surface area contributed by atoms with Gasteiger partial charge in [0, 0.05) is 23.4 Å². The highest BCUT2D eigenvalue weighted by Gasteiger charge is 2.11. The fourth-order valence-electron chi connectivity index (χ4n) is 1.85. The molecule has 0 saturated carbocycles. The maximum absolute atomic E-state index is 13.7. The number of nitrogens with zero attached hydrogens (tertiary/aromatic N) is 2. The Hall–Kier alpha value is -1.04. The Kier molecular flexibility index (Phi) is 5.88. The zero-order valence-electron chi connectivity index (χ0n) is 11.3. The van der Waals surface area contributed by atoms with Crippen LogP contribution < -0.4 is 5.32 Å². The summed E-state index contributed by atoms with van der Waals surface area (Å²) in [6.45, 7) is 4.04. The third kappa shape index (κ3) is 4.23. The van der Waals surface area contributed by atoms with E-state index in [2.05, 4.69) is 22.4 Å². The number of halogens is 2. The lowest BCUT2D eigenvalue weighted by atomic mass is 10.1. The molecule has 3 nitrogen and oxygen atoms in total. The van der Waals surface area contributed by atoms with E-state index < -0.39 is 0 Å². The first-order valence-electron chi connectivity index (χ1n) is 6.65. The maximum Gasteiger partial charge on any atom is 0.128 e. The van der Waals surface area contributed by atoms with Crippen LogP contribution in [-0.4, -0.2) is 23.3 Å². The van der Waals surface area contributed by atoms with Gasteiger partial charge in [0.05, 0.1) is 0 Å². The fraction of sp³-hybridized carbons (Fsp3) is 0.429. The highest BCUT2D eigenvalue weighted by molar-refractivity contribution is 7.11. The second-order valence-electron chi connectivity index (χ2n) is 4.42. The van der Waals surface area contributed by atoms with Crippen molar-refractivity contribution >= 4 is 22.9 Å². The van der Waals surface area contributed by atoms with Crippen LogP contribution in [0.5, 0.6) is 0 Å². The van der Waals surface area contributed by atoms with Gasteiger partial charge in [-0.1, -0.05) is 24.6 Å². The Morgan fingerprint density at radius 2 is 2.10 bits per heavy atom. The van der Waals surface area contributed by atoms with Crippen molar-refractivity contribution < 1.29 is 4.39 Å². The fourth-order valence-corrected chi connectivity index (χ4v) is 2.98. The Morgan fingerprint density at radius 1 is 1.30 bits per heavy atom. The first-order valence-corrected chi connectivity index (χ1v) is 7.85. The molecule has 1 aromatic heterocycles. The molecule has 20 heavy (non-hydrogen) atoms. The molecule has 0 aliphatic rings.